The van der Waals surface area contributed by atoms with Gasteiger partial charge in [0, 0.05) is 22.0 Å². The smallest absolute Gasteiger partial charge is 0.0359 e. The molecule has 6 aromatic rings. The van der Waals surface area contributed by atoms with Crippen molar-refractivity contribution in [1.82, 2.24) is 0 Å². The highest BCUT2D eigenvalue weighted by Crippen LogP contribution is 2.74. The lowest BCUT2D eigenvalue weighted by Gasteiger charge is -2.71. The minimum absolute atomic E-state index is 0.0212. The molecule has 0 nitrogen and oxygen atoms in total. The van der Waals surface area contributed by atoms with Crippen LogP contribution >= 0.6 is 0 Å². The lowest BCUT2D eigenvalue weighted by Crippen LogP contribution is -2.66. The van der Waals surface area contributed by atoms with E-state index in [1.807, 2.05) is 0 Å². The minimum atomic E-state index is 0.0212. The summed E-state index contributed by atoms with van der Waals surface area (Å²) in [5, 5.41) is 0. The molecule has 0 saturated heterocycles. The van der Waals surface area contributed by atoms with Crippen molar-refractivity contribution in [2.24, 2.45) is 47.3 Å². The third-order valence-corrected chi connectivity index (χ3v) is 17.2. The molecule has 8 fully saturated rings. The average Bonchev–Trinajstić information content (AvgIpc) is 3.29. The normalized spacial score (nSPS) is 31.8. The van der Waals surface area contributed by atoms with Gasteiger partial charge in [0.1, 0.15) is 0 Å². The fourth-order valence-electron chi connectivity index (χ4n) is 15.9. The Kier molecular flexibility index (Phi) is 8.47. The molecule has 8 saturated carbocycles. The van der Waals surface area contributed by atoms with E-state index in [2.05, 4.69) is 157 Å². The molecular weight excluding hydrogens is 721 g/mol. The standard InChI is InChI=1S/C60H54/c1-3-51-53(45-21-13-7-14-22-45)31-47(43-17-9-5-10-18-43)33-55(51)59-35-39-25-40(36-59)28-49(27-39)57(59)58-50-29-41-26-42(30-50)38-60(58,37-41)56-34-48(44-19-11-6-12-20-44)32-54(52(56)4-2)46-23-15-8-16-24-46/h1-2,5-24,31-34,39-42,49-50,57-58H,25-30,35-38H2. The van der Waals surface area contributed by atoms with Crippen LogP contribution in [0.1, 0.15) is 86.5 Å². The number of hydrogen-bond donors (Lipinski definition) is 0. The highest BCUT2D eigenvalue weighted by Gasteiger charge is 2.68. The van der Waals surface area contributed by atoms with E-state index in [9.17, 15) is 0 Å². The Bertz CT molecular complexity index is 2460. The summed E-state index contributed by atoms with van der Waals surface area (Å²) >= 11 is 0. The zero-order valence-corrected chi connectivity index (χ0v) is 34.7. The molecule has 0 radical (unpaired) electrons. The zero-order valence-electron chi connectivity index (χ0n) is 34.7. The van der Waals surface area contributed by atoms with Gasteiger partial charge in [-0.2, -0.15) is 0 Å². The topological polar surface area (TPSA) is 0 Å². The van der Waals surface area contributed by atoms with E-state index in [4.69, 9.17) is 12.8 Å². The molecule has 60 heavy (non-hydrogen) atoms. The highest BCUT2D eigenvalue weighted by molar-refractivity contribution is 5.82. The predicted octanol–water partition coefficient (Wildman–Crippen LogP) is 14.4. The van der Waals surface area contributed by atoms with Crippen LogP contribution in [0.4, 0.5) is 0 Å². The first-order valence-electron chi connectivity index (χ1n) is 23.1. The maximum atomic E-state index is 6.86. The molecule has 0 amide bonds. The van der Waals surface area contributed by atoms with E-state index in [-0.39, 0.29) is 10.8 Å². The van der Waals surface area contributed by atoms with E-state index in [0.717, 1.165) is 34.8 Å². The number of benzene rings is 6. The second-order valence-electron chi connectivity index (χ2n) is 20.2. The maximum Gasteiger partial charge on any atom is 0.0359 e. The molecule has 0 aromatic heterocycles. The van der Waals surface area contributed by atoms with Gasteiger partial charge in [0.25, 0.3) is 0 Å². The molecule has 14 rings (SSSR count). The van der Waals surface area contributed by atoms with E-state index in [1.54, 1.807) is 0 Å². The molecule has 0 spiro atoms. The summed E-state index contributed by atoms with van der Waals surface area (Å²) < 4.78 is 0. The van der Waals surface area contributed by atoms with E-state index < -0.39 is 0 Å². The largest absolute Gasteiger partial charge is 0.115 e. The SMILES string of the molecule is C#Cc1c(-c2ccccc2)cc(-c2ccccc2)cc1C12CC3CC(CC(C3)C1C1C3CC4CC(C3)CC1(c1cc(-c3ccccc3)cc(-c3ccccc3)c1C#C)C4)C2. The fraction of sp³-hybridized carbons (Fsp3) is 0.333. The quantitative estimate of drug-likeness (QED) is 0.142. The van der Waals surface area contributed by atoms with Crippen LogP contribution in [-0.4, -0.2) is 0 Å². The molecule has 8 bridgehead atoms. The Labute approximate surface area is 357 Å². The van der Waals surface area contributed by atoms with Crippen LogP contribution in [0.5, 0.6) is 0 Å². The van der Waals surface area contributed by atoms with Crippen molar-refractivity contribution in [3.63, 3.8) is 0 Å². The Balaban J connectivity index is 1.12. The monoisotopic (exact) mass is 774 g/mol. The van der Waals surface area contributed by atoms with Crippen LogP contribution < -0.4 is 0 Å². The number of terminal acetylenes is 2. The summed E-state index contributed by atoms with van der Waals surface area (Å²) in [6, 6.07) is 54.2. The second kappa shape index (κ2) is 14.0. The lowest BCUT2D eigenvalue weighted by atomic mass is 9.33. The molecule has 8 aliphatic rings. The molecule has 6 aromatic carbocycles. The Morgan fingerprint density at radius 2 is 0.683 bits per heavy atom. The summed E-state index contributed by atoms with van der Waals surface area (Å²) in [6.07, 6.45) is 27.1. The van der Waals surface area contributed by atoms with Crippen LogP contribution in [0, 0.1) is 72.0 Å². The van der Waals surface area contributed by atoms with Crippen molar-refractivity contribution >= 4 is 0 Å². The third kappa shape index (κ3) is 5.53. The van der Waals surface area contributed by atoms with Gasteiger partial charge < -0.3 is 0 Å². The van der Waals surface area contributed by atoms with Gasteiger partial charge >= 0.3 is 0 Å². The minimum Gasteiger partial charge on any atom is -0.115 e. The van der Waals surface area contributed by atoms with Crippen LogP contribution in [0.25, 0.3) is 44.5 Å². The summed E-state index contributed by atoms with van der Waals surface area (Å²) in [4.78, 5) is 0. The maximum absolute atomic E-state index is 6.86. The van der Waals surface area contributed by atoms with Gasteiger partial charge in [0.15, 0.2) is 0 Å². The molecule has 6 atom stereocenters. The number of fused-ring (bicyclic) bond motifs is 1. The summed E-state index contributed by atoms with van der Waals surface area (Å²) in [7, 11) is 0. The molecule has 6 unspecified atom stereocenters. The number of hydrogen-bond acceptors (Lipinski definition) is 0. The van der Waals surface area contributed by atoms with Gasteiger partial charge in [0.2, 0.25) is 0 Å². The number of rotatable bonds is 7. The van der Waals surface area contributed by atoms with E-state index >= 15 is 0 Å². The summed E-state index contributed by atoms with van der Waals surface area (Å²) in [5.74, 6) is 12.5. The lowest BCUT2D eigenvalue weighted by molar-refractivity contribution is -0.163. The van der Waals surface area contributed by atoms with Crippen LogP contribution in [0.2, 0.25) is 0 Å². The highest BCUT2D eigenvalue weighted by atomic mass is 14.7. The van der Waals surface area contributed by atoms with Gasteiger partial charge in [-0.3, -0.25) is 0 Å². The Morgan fingerprint density at radius 1 is 0.367 bits per heavy atom. The third-order valence-electron chi connectivity index (χ3n) is 17.2. The van der Waals surface area contributed by atoms with Crippen LogP contribution in [0.15, 0.2) is 146 Å². The van der Waals surface area contributed by atoms with Crippen molar-refractivity contribution in [3.05, 3.63) is 168 Å². The van der Waals surface area contributed by atoms with Gasteiger partial charge in [0.05, 0.1) is 0 Å². The molecule has 0 heterocycles. The van der Waals surface area contributed by atoms with E-state index in [1.165, 1.54) is 120 Å². The Hall–Kier alpha value is -5.56. The first-order valence-corrected chi connectivity index (χ1v) is 23.1. The first-order chi connectivity index (χ1) is 29.5. The summed E-state index contributed by atoms with van der Waals surface area (Å²) in [5.41, 5.74) is 15.4. The van der Waals surface area contributed by atoms with Gasteiger partial charge in [-0.25, -0.2) is 0 Å². The van der Waals surface area contributed by atoms with Crippen molar-refractivity contribution < 1.29 is 0 Å². The van der Waals surface area contributed by atoms with Gasteiger partial charge in [-0.15, -0.1) is 12.8 Å². The van der Waals surface area contributed by atoms with Crippen molar-refractivity contribution in [2.45, 2.75) is 75.0 Å². The van der Waals surface area contributed by atoms with E-state index in [0.29, 0.717) is 23.7 Å². The Morgan fingerprint density at radius 3 is 1.00 bits per heavy atom. The molecule has 294 valence electrons. The fourth-order valence-corrected chi connectivity index (χ4v) is 15.9. The van der Waals surface area contributed by atoms with Crippen molar-refractivity contribution in [1.29, 1.82) is 0 Å². The molecule has 0 heteroatoms. The summed E-state index contributed by atoms with van der Waals surface area (Å²) in [6.45, 7) is 0. The van der Waals surface area contributed by atoms with Crippen molar-refractivity contribution in [3.8, 4) is 69.2 Å². The van der Waals surface area contributed by atoms with Crippen LogP contribution in [0.3, 0.4) is 0 Å². The first kappa shape index (κ1) is 36.3. The van der Waals surface area contributed by atoms with Crippen molar-refractivity contribution in [2.75, 3.05) is 0 Å². The zero-order chi connectivity index (χ0) is 40.0. The molecule has 8 aliphatic carbocycles. The predicted molar refractivity (Wildman–Crippen MR) is 248 cm³/mol. The molecule has 0 aliphatic heterocycles. The van der Waals surface area contributed by atoms with Gasteiger partial charge in [-0.1, -0.05) is 133 Å². The van der Waals surface area contributed by atoms with Crippen LogP contribution in [-0.2, 0) is 10.8 Å². The van der Waals surface area contributed by atoms with Gasteiger partial charge in [-0.05, 0) is 191 Å². The molecule has 0 N–H and O–H groups in total. The molecular formula is C60H54. The second-order valence-corrected chi connectivity index (χ2v) is 20.2. The average molecular weight is 775 g/mol.